The molecule has 1 aliphatic rings. The fourth-order valence-electron chi connectivity index (χ4n) is 3.17. The Balaban J connectivity index is 0.00000288. The van der Waals surface area contributed by atoms with Crippen molar-refractivity contribution in [2.75, 3.05) is 6.54 Å². The molecule has 0 radical (unpaired) electrons. The SMILES string of the molecule is Cc1ccc(S(=O)(=O)NC(CN)C2CCCCC2)cc1C(N)=O.Cl. The van der Waals surface area contributed by atoms with Crippen molar-refractivity contribution in [2.45, 2.75) is 50.0 Å². The topological polar surface area (TPSA) is 115 Å². The number of hydrogen-bond acceptors (Lipinski definition) is 4. The van der Waals surface area contributed by atoms with Crippen LogP contribution in [0, 0.1) is 12.8 Å². The van der Waals surface area contributed by atoms with Crippen molar-refractivity contribution in [1.29, 1.82) is 0 Å². The Hall–Kier alpha value is -1.15. The number of amides is 1. The van der Waals surface area contributed by atoms with Gasteiger partial charge in [0.05, 0.1) is 4.90 Å². The molecule has 1 aromatic rings. The number of primary amides is 1. The van der Waals surface area contributed by atoms with E-state index >= 15 is 0 Å². The van der Waals surface area contributed by atoms with Gasteiger partial charge in [-0.1, -0.05) is 25.3 Å². The number of carbonyl (C=O) groups is 1. The smallest absolute Gasteiger partial charge is 0.249 e. The molecule has 1 atom stereocenters. The second kappa shape index (κ2) is 8.80. The van der Waals surface area contributed by atoms with Gasteiger partial charge in [0.15, 0.2) is 0 Å². The largest absolute Gasteiger partial charge is 0.366 e. The van der Waals surface area contributed by atoms with Crippen LogP contribution >= 0.6 is 12.4 Å². The summed E-state index contributed by atoms with van der Waals surface area (Å²) in [5, 5.41) is 0. The van der Waals surface area contributed by atoms with Crippen molar-refractivity contribution in [3.8, 4) is 0 Å². The van der Waals surface area contributed by atoms with E-state index in [9.17, 15) is 13.2 Å². The summed E-state index contributed by atoms with van der Waals surface area (Å²) >= 11 is 0. The van der Waals surface area contributed by atoms with Gasteiger partial charge < -0.3 is 11.5 Å². The van der Waals surface area contributed by atoms with E-state index < -0.39 is 15.9 Å². The molecule has 8 heteroatoms. The third-order valence-electron chi connectivity index (χ3n) is 4.56. The van der Waals surface area contributed by atoms with Gasteiger partial charge in [0, 0.05) is 18.2 Å². The first-order valence-corrected chi connectivity index (χ1v) is 9.46. The lowest BCUT2D eigenvalue weighted by Crippen LogP contribution is -2.45. The van der Waals surface area contributed by atoms with Crippen LogP contribution in [0.1, 0.15) is 48.0 Å². The normalized spacial score (nSPS) is 17.1. The fraction of sp³-hybridized carbons (Fsp3) is 0.562. The van der Waals surface area contributed by atoms with E-state index in [0.29, 0.717) is 5.56 Å². The van der Waals surface area contributed by atoms with Gasteiger partial charge in [0.25, 0.3) is 0 Å². The van der Waals surface area contributed by atoms with Gasteiger partial charge in [0.1, 0.15) is 0 Å². The van der Waals surface area contributed by atoms with E-state index in [-0.39, 0.29) is 41.4 Å². The third kappa shape index (κ3) is 4.92. The molecule has 1 unspecified atom stereocenters. The summed E-state index contributed by atoms with van der Waals surface area (Å²) in [5.41, 5.74) is 12.0. The molecule has 1 aliphatic carbocycles. The van der Waals surface area contributed by atoms with Crippen molar-refractivity contribution in [3.05, 3.63) is 29.3 Å². The van der Waals surface area contributed by atoms with Gasteiger partial charge in [-0.05, 0) is 43.4 Å². The van der Waals surface area contributed by atoms with E-state index in [4.69, 9.17) is 11.5 Å². The molecular formula is C16H26ClN3O3S. The highest BCUT2D eigenvalue weighted by Crippen LogP contribution is 2.27. The number of nitrogens with one attached hydrogen (secondary N) is 1. The molecule has 24 heavy (non-hydrogen) atoms. The quantitative estimate of drug-likeness (QED) is 0.701. The zero-order valence-electron chi connectivity index (χ0n) is 13.8. The number of halogens is 1. The summed E-state index contributed by atoms with van der Waals surface area (Å²) < 4.78 is 27.9. The van der Waals surface area contributed by atoms with E-state index in [1.54, 1.807) is 13.0 Å². The van der Waals surface area contributed by atoms with Gasteiger partial charge in [-0.2, -0.15) is 0 Å². The Labute approximate surface area is 149 Å². The van der Waals surface area contributed by atoms with Crippen LogP contribution in [-0.2, 0) is 10.0 Å². The first kappa shape index (κ1) is 20.9. The lowest BCUT2D eigenvalue weighted by atomic mass is 9.84. The van der Waals surface area contributed by atoms with Crippen molar-refractivity contribution >= 4 is 28.3 Å². The molecule has 0 spiro atoms. The number of aryl methyl sites for hydroxylation is 1. The minimum Gasteiger partial charge on any atom is -0.366 e. The first-order chi connectivity index (χ1) is 10.8. The zero-order valence-corrected chi connectivity index (χ0v) is 15.5. The molecule has 136 valence electrons. The Kier molecular flexibility index (Phi) is 7.66. The standard InChI is InChI=1S/C16H25N3O3S.ClH/c1-11-7-8-13(9-14(11)16(18)20)23(21,22)19-15(10-17)12-5-3-2-4-6-12;/h7-9,12,15,19H,2-6,10,17H2,1H3,(H2,18,20);1H. The predicted molar refractivity (Wildman–Crippen MR) is 96.7 cm³/mol. The molecule has 0 heterocycles. The molecule has 1 amide bonds. The van der Waals surface area contributed by atoms with Crippen LogP contribution in [0.15, 0.2) is 23.1 Å². The molecule has 0 aromatic heterocycles. The molecule has 1 aromatic carbocycles. The van der Waals surface area contributed by atoms with Crippen LogP contribution in [0.25, 0.3) is 0 Å². The van der Waals surface area contributed by atoms with Crippen molar-refractivity contribution < 1.29 is 13.2 Å². The van der Waals surface area contributed by atoms with Crippen LogP contribution < -0.4 is 16.2 Å². The molecule has 0 saturated heterocycles. The first-order valence-electron chi connectivity index (χ1n) is 7.98. The summed E-state index contributed by atoms with van der Waals surface area (Å²) in [6.45, 7) is 1.98. The molecule has 0 bridgehead atoms. The summed E-state index contributed by atoms with van der Waals surface area (Å²) in [4.78, 5) is 11.5. The van der Waals surface area contributed by atoms with Crippen molar-refractivity contribution in [1.82, 2.24) is 4.72 Å². The molecule has 1 saturated carbocycles. The number of hydrogen-bond donors (Lipinski definition) is 3. The number of carbonyl (C=O) groups excluding carboxylic acids is 1. The lowest BCUT2D eigenvalue weighted by Gasteiger charge is -2.29. The van der Waals surface area contributed by atoms with Crippen molar-refractivity contribution in [3.63, 3.8) is 0 Å². The number of benzene rings is 1. The summed E-state index contributed by atoms with van der Waals surface area (Å²) in [7, 11) is -3.73. The maximum absolute atomic E-state index is 12.6. The lowest BCUT2D eigenvalue weighted by molar-refractivity contribution is 0.0999. The monoisotopic (exact) mass is 375 g/mol. The highest BCUT2D eigenvalue weighted by molar-refractivity contribution is 7.89. The van der Waals surface area contributed by atoms with E-state index in [1.807, 2.05) is 0 Å². The van der Waals surface area contributed by atoms with Crippen LogP contribution in [0.3, 0.4) is 0 Å². The Morgan fingerprint density at radius 3 is 2.46 bits per heavy atom. The predicted octanol–water partition coefficient (Wildman–Crippen LogP) is 1.70. The summed E-state index contributed by atoms with van der Waals surface area (Å²) in [6, 6.07) is 4.12. The number of rotatable bonds is 6. The highest BCUT2D eigenvalue weighted by Gasteiger charge is 2.27. The third-order valence-corrected chi connectivity index (χ3v) is 6.05. The van der Waals surface area contributed by atoms with E-state index in [0.717, 1.165) is 25.7 Å². The molecule has 6 nitrogen and oxygen atoms in total. The summed E-state index contributed by atoms with van der Waals surface area (Å²) in [5.74, 6) is -0.369. The van der Waals surface area contributed by atoms with Gasteiger partial charge in [-0.15, -0.1) is 12.4 Å². The molecular weight excluding hydrogens is 350 g/mol. The summed E-state index contributed by atoms with van der Waals surface area (Å²) in [6.07, 6.45) is 5.40. The maximum Gasteiger partial charge on any atom is 0.249 e. The second-order valence-corrected chi connectivity index (χ2v) is 7.92. The average Bonchev–Trinajstić information content (AvgIpc) is 2.53. The zero-order chi connectivity index (χ0) is 17.0. The van der Waals surface area contributed by atoms with Crippen LogP contribution in [0.4, 0.5) is 0 Å². The van der Waals surface area contributed by atoms with E-state index in [1.165, 1.54) is 18.6 Å². The van der Waals surface area contributed by atoms with Crippen LogP contribution in [0.5, 0.6) is 0 Å². The van der Waals surface area contributed by atoms with E-state index in [2.05, 4.69) is 4.72 Å². The fourth-order valence-corrected chi connectivity index (χ4v) is 4.52. The van der Waals surface area contributed by atoms with Crippen LogP contribution in [0.2, 0.25) is 0 Å². The maximum atomic E-state index is 12.6. The minimum atomic E-state index is -3.73. The van der Waals surface area contributed by atoms with Crippen LogP contribution in [-0.4, -0.2) is 26.9 Å². The van der Waals surface area contributed by atoms with Crippen molar-refractivity contribution in [2.24, 2.45) is 17.4 Å². The number of nitrogens with two attached hydrogens (primary N) is 2. The molecule has 2 rings (SSSR count). The van der Waals surface area contributed by atoms with Gasteiger partial charge in [0.2, 0.25) is 15.9 Å². The highest BCUT2D eigenvalue weighted by atomic mass is 35.5. The number of sulfonamides is 1. The molecule has 5 N–H and O–H groups in total. The average molecular weight is 376 g/mol. The van der Waals surface area contributed by atoms with Gasteiger partial charge in [-0.3, -0.25) is 4.79 Å². The Morgan fingerprint density at radius 2 is 1.92 bits per heavy atom. The Bertz CT molecular complexity index is 673. The molecule has 0 aliphatic heterocycles. The van der Waals surface area contributed by atoms with Gasteiger partial charge in [-0.25, -0.2) is 13.1 Å². The minimum absolute atomic E-state index is 0. The molecule has 1 fully saturated rings. The van der Waals surface area contributed by atoms with Gasteiger partial charge >= 0.3 is 0 Å². The second-order valence-electron chi connectivity index (χ2n) is 6.20. The Morgan fingerprint density at radius 1 is 1.29 bits per heavy atom.